The molecule has 0 saturated heterocycles. The number of hydrogen-bond acceptors (Lipinski definition) is 3. The minimum absolute atomic E-state index is 0.155. The first-order valence-corrected chi connectivity index (χ1v) is 13.2. The van der Waals surface area contributed by atoms with Gasteiger partial charge in [-0.1, -0.05) is 42.5 Å². The van der Waals surface area contributed by atoms with Crippen LogP contribution in [0.4, 0.5) is 5.69 Å². The average Bonchev–Trinajstić information content (AvgIpc) is 2.84. The Hall–Kier alpha value is -3.07. The summed E-state index contributed by atoms with van der Waals surface area (Å²) < 4.78 is 5.88. The highest BCUT2D eigenvalue weighted by molar-refractivity contribution is 5.89. The van der Waals surface area contributed by atoms with Crippen LogP contribution in [0.3, 0.4) is 0 Å². The highest BCUT2D eigenvalue weighted by Crippen LogP contribution is 2.62. The molecule has 4 fully saturated rings. The number of phenols is 1. The monoisotopic (exact) mass is 465 g/mol. The van der Waals surface area contributed by atoms with Gasteiger partial charge in [0.25, 0.3) is 0 Å². The number of hydrogen-bond donors (Lipinski definition) is 1. The van der Waals surface area contributed by atoms with Crippen molar-refractivity contribution >= 4 is 11.9 Å². The van der Waals surface area contributed by atoms with E-state index in [0.29, 0.717) is 12.4 Å². The van der Waals surface area contributed by atoms with Gasteiger partial charge in [-0.2, -0.15) is 0 Å². The first kappa shape index (κ1) is 22.4. The van der Waals surface area contributed by atoms with E-state index in [1.54, 1.807) is 0 Å². The largest absolute Gasteiger partial charge is 0.507 e. The fourth-order valence-corrected chi connectivity index (χ4v) is 7.67. The van der Waals surface area contributed by atoms with Gasteiger partial charge in [0.1, 0.15) is 11.5 Å². The molecule has 1 N–H and O–H groups in total. The van der Waals surface area contributed by atoms with Gasteiger partial charge in [0.2, 0.25) is 0 Å². The number of nitrogens with zero attached hydrogens (tertiary/aromatic N) is 1. The molecule has 0 heterocycles. The lowest BCUT2D eigenvalue weighted by Crippen LogP contribution is -2.48. The minimum Gasteiger partial charge on any atom is -0.507 e. The minimum atomic E-state index is 0.155. The van der Waals surface area contributed by atoms with Crippen LogP contribution in [0.25, 0.3) is 11.1 Å². The molecule has 3 nitrogen and oxygen atoms in total. The zero-order valence-corrected chi connectivity index (χ0v) is 20.8. The van der Waals surface area contributed by atoms with E-state index in [-0.39, 0.29) is 5.41 Å². The molecule has 7 rings (SSSR count). The van der Waals surface area contributed by atoms with Gasteiger partial charge < -0.3 is 9.84 Å². The van der Waals surface area contributed by atoms with E-state index in [2.05, 4.69) is 31.2 Å². The third-order valence-corrected chi connectivity index (χ3v) is 8.62. The summed E-state index contributed by atoms with van der Waals surface area (Å²) in [5.74, 6) is 3.83. The second-order valence-electron chi connectivity index (χ2n) is 11.2. The Morgan fingerprint density at radius 3 is 2.23 bits per heavy atom. The molecule has 0 spiro atoms. The molecule has 4 aliphatic carbocycles. The Morgan fingerprint density at radius 1 is 0.914 bits per heavy atom. The van der Waals surface area contributed by atoms with E-state index in [0.717, 1.165) is 45.9 Å². The number of para-hydroxylation sites is 2. The summed E-state index contributed by atoms with van der Waals surface area (Å²) in [5.41, 5.74) is 6.28. The lowest BCUT2D eigenvalue weighted by atomic mass is 9.48. The molecular weight excluding hydrogens is 430 g/mol. The quantitative estimate of drug-likeness (QED) is 0.375. The number of rotatable bonds is 6. The SMILES string of the molecule is CCOc1ccccc1-c1ccccc1N=Cc1cc(C)cc(C23CC4CC(CC(C4)C2)C3)c1O. The summed E-state index contributed by atoms with van der Waals surface area (Å²) in [5, 5.41) is 11.5. The van der Waals surface area contributed by atoms with Crippen molar-refractivity contribution in [2.75, 3.05) is 6.61 Å². The maximum Gasteiger partial charge on any atom is 0.128 e. The maximum atomic E-state index is 11.5. The average molecular weight is 466 g/mol. The Morgan fingerprint density at radius 2 is 1.54 bits per heavy atom. The molecule has 3 aromatic carbocycles. The number of aryl methyl sites for hydroxylation is 1. The highest BCUT2D eigenvalue weighted by Gasteiger charge is 2.52. The van der Waals surface area contributed by atoms with E-state index in [4.69, 9.17) is 9.73 Å². The Labute approximate surface area is 208 Å². The highest BCUT2D eigenvalue weighted by atomic mass is 16.5. The van der Waals surface area contributed by atoms with Crippen molar-refractivity contribution in [3.63, 3.8) is 0 Å². The second-order valence-corrected chi connectivity index (χ2v) is 11.2. The molecule has 0 aromatic heterocycles. The zero-order valence-electron chi connectivity index (χ0n) is 20.8. The Kier molecular flexibility index (Phi) is 5.67. The molecule has 4 bridgehead atoms. The number of aromatic hydroxyl groups is 1. The van der Waals surface area contributed by atoms with Gasteiger partial charge in [-0.05, 0) is 99.3 Å². The zero-order chi connectivity index (χ0) is 24.0. The Bertz CT molecular complexity index is 1240. The lowest BCUT2D eigenvalue weighted by Gasteiger charge is -2.57. The lowest BCUT2D eigenvalue weighted by molar-refractivity contribution is -0.00616. The smallest absolute Gasteiger partial charge is 0.128 e. The summed E-state index contributed by atoms with van der Waals surface area (Å²) in [7, 11) is 0. The van der Waals surface area contributed by atoms with Crippen LogP contribution in [0.1, 0.15) is 62.1 Å². The van der Waals surface area contributed by atoms with Gasteiger partial charge in [0.15, 0.2) is 0 Å². The summed E-state index contributed by atoms with van der Waals surface area (Å²) in [4.78, 5) is 4.90. The predicted molar refractivity (Wildman–Crippen MR) is 143 cm³/mol. The van der Waals surface area contributed by atoms with Gasteiger partial charge >= 0.3 is 0 Å². The second kappa shape index (κ2) is 8.86. The van der Waals surface area contributed by atoms with Crippen molar-refractivity contribution in [1.29, 1.82) is 0 Å². The molecule has 0 aliphatic heterocycles. The summed E-state index contributed by atoms with van der Waals surface area (Å²) >= 11 is 0. The summed E-state index contributed by atoms with van der Waals surface area (Å²) in [6.45, 7) is 4.77. The molecule has 4 aliphatic rings. The molecule has 0 radical (unpaired) electrons. The molecule has 3 aromatic rings. The Balaban J connectivity index is 1.37. The molecule has 3 heteroatoms. The van der Waals surface area contributed by atoms with Crippen molar-refractivity contribution in [2.45, 2.75) is 57.8 Å². The van der Waals surface area contributed by atoms with Gasteiger partial charge in [-0.3, -0.25) is 4.99 Å². The van der Waals surface area contributed by atoms with E-state index in [9.17, 15) is 5.11 Å². The van der Waals surface area contributed by atoms with Gasteiger partial charge in [0.05, 0.1) is 12.3 Å². The molecule has 180 valence electrons. The first-order chi connectivity index (χ1) is 17.0. The third kappa shape index (κ3) is 4.05. The first-order valence-electron chi connectivity index (χ1n) is 13.2. The van der Waals surface area contributed by atoms with Crippen LogP contribution in [0.5, 0.6) is 11.5 Å². The fourth-order valence-electron chi connectivity index (χ4n) is 7.67. The van der Waals surface area contributed by atoms with Crippen molar-refractivity contribution in [2.24, 2.45) is 22.7 Å². The van der Waals surface area contributed by atoms with Crippen molar-refractivity contribution in [1.82, 2.24) is 0 Å². The predicted octanol–water partition coefficient (Wildman–Crippen LogP) is 7.98. The van der Waals surface area contributed by atoms with Crippen LogP contribution in [0, 0.1) is 24.7 Å². The van der Waals surface area contributed by atoms with E-state index in [1.165, 1.54) is 49.7 Å². The van der Waals surface area contributed by atoms with Crippen molar-refractivity contribution in [3.8, 4) is 22.6 Å². The molecular formula is C32H35NO2. The summed E-state index contributed by atoms with van der Waals surface area (Å²) in [6, 6.07) is 20.6. The molecule has 0 atom stereocenters. The fraction of sp³-hybridized carbons (Fsp3) is 0.406. The number of ether oxygens (including phenoxy) is 1. The van der Waals surface area contributed by atoms with Crippen molar-refractivity contribution in [3.05, 3.63) is 77.4 Å². The maximum absolute atomic E-state index is 11.5. The van der Waals surface area contributed by atoms with Crippen LogP contribution in [-0.4, -0.2) is 17.9 Å². The van der Waals surface area contributed by atoms with Crippen molar-refractivity contribution < 1.29 is 9.84 Å². The van der Waals surface area contributed by atoms with E-state index in [1.807, 2.05) is 49.5 Å². The summed E-state index contributed by atoms with van der Waals surface area (Å²) in [6.07, 6.45) is 9.78. The molecule has 4 saturated carbocycles. The third-order valence-electron chi connectivity index (χ3n) is 8.62. The van der Waals surface area contributed by atoms with Gasteiger partial charge in [-0.15, -0.1) is 0 Å². The van der Waals surface area contributed by atoms with Gasteiger partial charge in [0, 0.05) is 28.5 Å². The molecule has 0 amide bonds. The van der Waals surface area contributed by atoms with Crippen LogP contribution in [-0.2, 0) is 5.41 Å². The standard InChI is InChI=1S/C32H35NO2/c1-3-35-30-11-7-5-9-27(30)26-8-4-6-10-29(26)33-20-25-12-21(2)13-28(31(25)34)32-17-22-14-23(18-32)16-24(15-22)19-32/h4-13,20,22-24,34H,3,14-19H2,1-2H3. The van der Waals surface area contributed by atoms with Crippen LogP contribution < -0.4 is 4.74 Å². The number of aliphatic imine (C=N–C) groups is 1. The normalized spacial score (nSPS) is 27.0. The topological polar surface area (TPSA) is 41.8 Å². The molecule has 0 unspecified atom stereocenters. The van der Waals surface area contributed by atoms with Gasteiger partial charge in [-0.25, -0.2) is 0 Å². The van der Waals surface area contributed by atoms with E-state index >= 15 is 0 Å². The van der Waals surface area contributed by atoms with Crippen LogP contribution in [0.2, 0.25) is 0 Å². The van der Waals surface area contributed by atoms with Crippen LogP contribution >= 0.6 is 0 Å². The van der Waals surface area contributed by atoms with Crippen LogP contribution in [0.15, 0.2) is 65.7 Å². The number of phenolic OH excluding ortho intramolecular Hbond substituents is 1. The molecule has 35 heavy (non-hydrogen) atoms. The van der Waals surface area contributed by atoms with E-state index < -0.39 is 0 Å². The number of benzene rings is 3.